The zero-order valence-electron chi connectivity index (χ0n) is 11.4. The number of pyridine rings is 2. The Morgan fingerprint density at radius 1 is 1.25 bits per heavy atom. The largest absolute Gasteiger partial charge is 0.478 e. The van der Waals surface area contributed by atoms with E-state index in [0.29, 0.717) is 23.9 Å². The Bertz CT molecular complexity index is 584. The van der Waals surface area contributed by atoms with E-state index in [0.717, 1.165) is 5.69 Å². The number of aromatic nitrogens is 2. The highest BCUT2D eigenvalue weighted by atomic mass is 16.5. The highest BCUT2D eigenvalue weighted by Crippen LogP contribution is 2.13. The summed E-state index contributed by atoms with van der Waals surface area (Å²) in [6, 6.07) is 6.90. The van der Waals surface area contributed by atoms with Crippen molar-refractivity contribution >= 4 is 17.3 Å². The summed E-state index contributed by atoms with van der Waals surface area (Å²) in [5.41, 5.74) is 1.76. The first-order valence-electron chi connectivity index (χ1n) is 6.27. The van der Waals surface area contributed by atoms with Crippen LogP contribution >= 0.6 is 0 Å². The Kier molecular flexibility index (Phi) is 4.49. The van der Waals surface area contributed by atoms with Crippen molar-refractivity contribution in [2.45, 2.75) is 6.92 Å². The molecule has 1 amide bonds. The van der Waals surface area contributed by atoms with Crippen LogP contribution in [0, 0.1) is 0 Å². The molecule has 0 aliphatic rings. The predicted octanol–water partition coefficient (Wildman–Crippen LogP) is 2.17. The molecule has 2 heterocycles. The molecule has 0 fully saturated rings. The number of anilines is 2. The first-order valence-corrected chi connectivity index (χ1v) is 6.27. The second-order valence-corrected chi connectivity index (χ2v) is 3.95. The van der Waals surface area contributed by atoms with Gasteiger partial charge in [0.15, 0.2) is 0 Å². The van der Waals surface area contributed by atoms with Gasteiger partial charge in [0.25, 0.3) is 5.91 Å². The predicted molar refractivity (Wildman–Crippen MR) is 77.1 cm³/mol. The molecule has 20 heavy (non-hydrogen) atoms. The SMILES string of the molecule is CCOc1ccc(NC(=O)c2cc(NC)ccn2)cn1. The van der Waals surface area contributed by atoms with E-state index in [1.807, 2.05) is 6.92 Å². The second kappa shape index (κ2) is 6.51. The van der Waals surface area contributed by atoms with Crippen molar-refractivity contribution in [1.29, 1.82) is 0 Å². The first-order chi connectivity index (χ1) is 9.72. The summed E-state index contributed by atoms with van der Waals surface area (Å²) < 4.78 is 5.24. The quantitative estimate of drug-likeness (QED) is 0.872. The highest BCUT2D eigenvalue weighted by molar-refractivity contribution is 6.03. The van der Waals surface area contributed by atoms with Gasteiger partial charge < -0.3 is 15.4 Å². The number of nitrogens with one attached hydrogen (secondary N) is 2. The van der Waals surface area contributed by atoms with Crippen molar-refractivity contribution in [2.24, 2.45) is 0 Å². The van der Waals surface area contributed by atoms with Crippen LogP contribution in [0.2, 0.25) is 0 Å². The van der Waals surface area contributed by atoms with Crippen LogP contribution in [0.15, 0.2) is 36.7 Å². The summed E-state index contributed by atoms with van der Waals surface area (Å²) in [5.74, 6) is 0.244. The number of nitrogens with zero attached hydrogens (tertiary/aromatic N) is 2. The molecule has 0 aliphatic carbocycles. The molecular weight excluding hydrogens is 256 g/mol. The van der Waals surface area contributed by atoms with Crippen LogP contribution in [0.1, 0.15) is 17.4 Å². The summed E-state index contributed by atoms with van der Waals surface area (Å²) >= 11 is 0. The van der Waals surface area contributed by atoms with Crippen LogP contribution in [0.4, 0.5) is 11.4 Å². The summed E-state index contributed by atoms with van der Waals surface area (Å²) in [6.45, 7) is 2.44. The van der Waals surface area contributed by atoms with E-state index >= 15 is 0 Å². The van der Waals surface area contributed by atoms with Gasteiger partial charge in [-0.25, -0.2) is 4.98 Å². The van der Waals surface area contributed by atoms with Crippen molar-refractivity contribution in [2.75, 3.05) is 24.3 Å². The molecule has 0 aliphatic heterocycles. The van der Waals surface area contributed by atoms with Crippen LogP contribution < -0.4 is 15.4 Å². The molecule has 0 saturated heterocycles. The molecule has 2 N–H and O–H groups in total. The van der Waals surface area contributed by atoms with E-state index in [9.17, 15) is 4.79 Å². The summed E-state index contributed by atoms with van der Waals surface area (Å²) in [6.07, 6.45) is 3.13. The zero-order chi connectivity index (χ0) is 14.4. The molecule has 0 spiro atoms. The van der Waals surface area contributed by atoms with E-state index in [1.54, 1.807) is 43.7 Å². The minimum atomic E-state index is -0.284. The van der Waals surface area contributed by atoms with Crippen molar-refractivity contribution in [1.82, 2.24) is 9.97 Å². The third-order valence-corrected chi connectivity index (χ3v) is 2.57. The van der Waals surface area contributed by atoms with Crippen LogP contribution in [0.5, 0.6) is 5.88 Å². The lowest BCUT2D eigenvalue weighted by atomic mass is 10.3. The lowest BCUT2D eigenvalue weighted by molar-refractivity contribution is 0.102. The smallest absolute Gasteiger partial charge is 0.274 e. The molecular formula is C14H16N4O2. The fourth-order valence-corrected chi connectivity index (χ4v) is 1.59. The van der Waals surface area contributed by atoms with Gasteiger partial charge in [-0.2, -0.15) is 0 Å². The fraction of sp³-hybridized carbons (Fsp3) is 0.214. The lowest BCUT2D eigenvalue weighted by Gasteiger charge is -2.07. The maximum Gasteiger partial charge on any atom is 0.274 e. The van der Waals surface area contributed by atoms with E-state index in [2.05, 4.69) is 20.6 Å². The minimum absolute atomic E-state index is 0.284. The maximum absolute atomic E-state index is 12.0. The van der Waals surface area contributed by atoms with E-state index < -0.39 is 0 Å². The standard InChI is InChI=1S/C14H16N4O2/c1-3-20-13-5-4-11(9-17-13)18-14(19)12-8-10(15-2)6-7-16-12/h4-9H,3H2,1-2H3,(H,15,16)(H,18,19). The number of carbonyl (C=O) groups is 1. The highest BCUT2D eigenvalue weighted by Gasteiger charge is 2.08. The van der Waals surface area contributed by atoms with Crippen molar-refractivity contribution < 1.29 is 9.53 Å². The van der Waals surface area contributed by atoms with Gasteiger partial charge in [-0.05, 0) is 25.1 Å². The summed E-state index contributed by atoms with van der Waals surface area (Å²) in [5, 5.41) is 5.69. The van der Waals surface area contributed by atoms with Crippen LogP contribution in [0.25, 0.3) is 0 Å². The number of rotatable bonds is 5. The molecule has 0 unspecified atom stereocenters. The molecule has 104 valence electrons. The molecule has 6 nitrogen and oxygen atoms in total. The summed E-state index contributed by atoms with van der Waals surface area (Å²) in [7, 11) is 1.79. The molecule has 0 saturated carbocycles. The number of amides is 1. The number of hydrogen-bond donors (Lipinski definition) is 2. The van der Waals surface area contributed by atoms with E-state index in [1.165, 1.54) is 0 Å². The average molecular weight is 272 g/mol. The molecule has 6 heteroatoms. The molecule has 2 aromatic heterocycles. The third-order valence-electron chi connectivity index (χ3n) is 2.57. The van der Waals surface area contributed by atoms with Gasteiger partial charge in [-0.3, -0.25) is 9.78 Å². The van der Waals surface area contributed by atoms with Gasteiger partial charge in [-0.15, -0.1) is 0 Å². The van der Waals surface area contributed by atoms with Crippen molar-refractivity contribution in [3.8, 4) is 5.88 Å². The van der Waals surface area contributed by atoms with Crippen molar-refractivity contribution in [3.05, 3.63) is 42.4 Å². The Hall–Kier alpha value is -2.63. The lowest BCUT2D eigenvalue weighted by Crippen LogP contribution is -2.14. The van der Waals surface area contributed by atoms with Gasteiger partial charge in [0.1, 0.15) is 5.69 Å². The fourth-order valence-electron chi connectivity index (χ4n) is 1.59. The summed E-state index contributed by atoms with van der Waals surface area (Å²) in [4.78, 5) is 20.1. The number of ether oxygens (including phenoxy) is 1. The van der Waals surface area contributed by atoms with Crippen LogP contribution in [-0.4, -0.2) is 29.5 Å². The van der Waals surface area contributed by atoms with E-state index in [4.69, 9.17) is 4.74 Å². The minimum Gasteiger partial charge on any atom is -0.478 e. The number of hydrogen-bond acceptors (Lipinski definition) is 5. The monoisotopic (exact) mass is 272 g/mol. The first kappa shape index (κ1) is 13.8. The van der Waals surface area contributed by atoms with Gasteiger partial charge >= 0.3 is 0 Å². The van der Waals surface area contributed by atoms with Gasteiger partial charge in [-0.1, -0.05) is 0 Å². The van der Waals surface area contributed by atoms with Crippen LogP contribution in [0.3, 0.4) is 0 Å². The molecule has 0 atom stereocenters. The second-order valence-electron chi connectivity index (χ2n) is 3.95. The third kappa shape index (κ3) is 3.44. The van der Waals surface area contributed by atoms with Crippen LogP contribution in [-0.2, 0) is 0 Å². The average Bonchev–Trinajstić information content (AvgIpc) is 2.49. The molecule has 0 bridgehead atoms. The maximum atomic E-state index is 12.0. The Morgan fingerprint density at radius 3 is 2.75 bits per heavy atom. The van der Waals surface area contributed by atoms with Gasteiger partial charge in [0.05, 0.1) is 18.5 Å². The number of carbonyl (C=O) groups excluding carboxylic acids is 1. The molecule has 2 aromatic rings. The zero-order valence-corrected chi connectivity index (χ0v) is 11.4. The normalized spacial score (nSPS) is 9.90. The molecule has 0 aromatic carbocycles. The van der Waals surface area contributed by atoms with Gasteiger partial charge in [0, 0.05) is 25.0 Å². The Balaban J connectivity index is 2.06. The van der Waals surface area contributed by atoms with E-state index in [-0.39, 0.29) is 5.91 Å². The topological polar surface area (TPSA) is 76.1 Å². The Morgan fingerprint density at radius 2 is 2.10 bits per heavy atom. The van der Waals surface area contributed by atoms with Gasteiger partial charge in [0.2, 0.25) is 5.88 Å². The van der Waals surface area contributed by atoms with Crippen molar-refractivity contribution in [3.63, 3.8) is 0 Å². The molecule has 0 radical (unpaired) electrons. The molecule has 2 rings (SSSR count). The Labute approximate surface area is 117 Å².